The minimum Gasteiger partial charge on any atom is -0.507 e. The molecule has 0 heterocycles. The van der Waals surface area contributed by atoms with Crippen LogP contribution in [0.2, 0.25) is 0 Å². The molecule has 0 bridgehead atoms. The lowest BCUT2D eigenvalue weighted by atomic mass is 9.78. The van der Waals surface area contributed by atoms with Crippen LogP contribution in [0.15, 0.2) is 72.8 Å². The van der Waals surface area contributed by atoms with Crippen LogP contribution in [-0.4, -0.2) is 17.4 Å². The van der Waals surface area contributed by atoms with Gasteiger partial charge in [0.2, 0.25) is 0 Å². The predicted molar refractivity (Wildman–Crippen MR) is 157 cm³/mol. The van der Waals surface area contributed by atoms with E-state index in [1.807, 2.05) is 86.6 Å². The minimum atomic E-state index is -3.41. The van der Waals surface area contributed by atoms with Crippen LogP contribution in [0.3, 0.4) is 0 Å². The summed E-state index contributed by atoms with van der Waals surface area (Å²) in [7, 11) is -6.38. The molecule has 0 aromatic heterocycles. The number of benzene rings is 3. The van der Waals surface area contributed by atoms with Crippen LogP contribution < -0.4 is 10.6 Å². The second kappa shape index (κ2) is 10.4. The summed E-state index contributed by atoms with van der Waals surface area (Å²) in [6.07, 6.45) is 0.906. The van der Waals surface area contributed by atoms with Crippen molar-refractivity contribution in [2.24, 2.45) is 0 Å². The van der Waals surface area contributed by atoms with Crippen molar-refractivity contribution in [3.8, 4) is 5.75 Å². The van der Waals surface area contributed by atoms with Gasteiger partial charge in [0.25, 0.3) is 0 Å². The number of hydrogen-bond donors (Lipinski definition) is 1. The maximum atomic E-state index is 15.7. The van der Waals surface area contributed by atoms with Gasteiger partial charge in [-0.25, -0.2) is 0 Å². The van der Waals surface area contributed by atoms with E-state index in [1.165, 1.54) is 0 Å². The highest BCUT2D eigenvalue weighted by Gasteiger charge is 2.48. The van der Waals surface area contributed by atoms with Crippen molar-refractivity contribution >= 4 is 24.9 Å². The normalized spacial score (nSPS) is 14.0. The lowest BCUT2D eigenvalue weighted by molar-refractivity contribution is 0.422. The van der Waals surface area contributed by atoms with Gasteiger partial charge in [-0.2, -0.15) is 0 Å². The first-order chi connectivity index (χ1) is 16.7. The fourth-order valence-corrected chi connectivity index (χ4v) is 13.7. The lowest BCUT2D eigenvalue weighted by Crippen LogP contribution is -2.24. The lowest BCUT2D eigenvalue weighted by Gasteiger charge is -2.37. The van der Waals surface area contributed by atoms with Crippen LogP contribution in [0, 0.1) is 0 Å². The molecule has 0 radical (unpaired) electrons. The standard InChI is InChI=1S/C31H42O3P2/c1-9-35(33,10-2)29(23-21-26(30(3,4)5)28(32)27(22-23)31(6,7)8)36(34,24-17-13-11-14-18-24)25-19-15-12-16-20-25/h11-22,29,32H,9-10H2,1-8H3. The first kappa shape index (κ1) is 28.5. The Bertz CT molecular complexity index is 1200. The summed E-state index contributed by atoms with van der Waals surface area (Å²) in [5, 5.41) is 12.1. The van der Waals surface area contributed by atoms with E-state index in [9.17, 15) is 9.67 Å². The monoisotopic (exact) mass is 524 g/mol. The molecular weight excluding hydrogens is 482 g/mol. The Hall–Kier alpha value is -2.08. The molecule has 3 aromatic rings. The predicted octanol–water partition coefficient (Wildman–Crippen LogP) is 8.40. The highest BCUT2D eigenvalue weighted by atomic mass is 31.2. The molecule has 0 aliphatic carbocycles. The SMILES string of the molecule is CCP(=O)(CC)C(c1cc(C(C)(C)C)c(O)c(C(C)(C)C)c1)P(=O)(c1ccccc1)c1ccccc1. The first-order valence-electron chi connectivity index (χ1n) is 12.9. The molecule has 0 saturated carbocycles. The Morgan fingerprint density at radius 2 is 1.06 bits per heavy atom. The third-order valence-corrected chi connectivity index (χ3v) is 15.9. The minimum absolute atomic E-state index is 0.273. The number of rotatable bonds is 7. The van der Waals surface area contributed by atoms with E-state index < -0.39 is 19.7 Å². The van der Waals surface area contributed by atoms with Crippen molar-refractivity contribution in [2.75, 3.05) is 12.3 Å². The van der Waals surface area contributed by atoms with Gasteiger partial charge in [0.1, 0.15) is 12.9 Å². The molecular formula is C31H42O3P2. The van der Waals surface area contributed by atoms with E-state index in [2.05, 4.69) is 41.5 Å². The zero-order valence-electron chi connectivity index (χ0n) is 23.1. The summed E-state index contributed by atoms with van der Waals surface area (Å²) in [5.74, 6) is 0.273. The Balaban J connectivity index is 2.54. The Labute approximate surface area is 218 Å². The van der Waals surface area contributed by atoms with Crippen LogP contribution >= 0.6 is 14.3 Å². The fourth-order valence-electron chi connectivity index (χ4n) is 5.03. The van der Waals surface area contributed by atoms with Gasteiger partial charge in [-0.1, -0.05) is 128 Å². The summed E-state index contributed by atoms with van der Waals surface area (Å²) in [6.45, 7) is 16.3. The van der Waals surface area contributed by atoms with Gasteiger partial charge in [0.05, 0.1) is 5.40 Å². The molecule has 1 atom stereocenters. The highest BCUT2D eigenvalue weighted by Crippen LogP contribution is 2.75. The molecule has 0 amide bonds. The van der Waals surface area contributed by atoms with E-state index in [-0.39, 0.29) is 16.6 Å². The second-order valence-electron chi connectivity index (χ2n) is 11.8. The van der Waals surface area contributed by atoms with Gasteiger partial charge in [-0.05, 0) is 39.8 Å². The van der Waals surface area contributed by atoms with Gasteiger partial charge in [-0.3, -0.25) is 0 Å². The zero-order valence-corrected chi connectivity index (χ0v) is 24.9. The summed E-state index contributed by atoms with van der Waals surface area (Å²) < 4.78 is 30.5. The van der Waals surface area contributed by atoms with Crippen molar-refractivity contribution in [2.45, 2.75) is 71.6 Å². The fraction of sp³-hybridized carbons (Fsp3) is 0.419. The zero-order chi connectivity index (χ0) is 26.9. The number of hydrogen-bond acceptors (Lipinski definition) is 3. The van der Waals surface area contributed by atoms with Crippen molar-refractivity contribution in [1.82, 2.24) is 0 Å². The van der Waals surface area contributed by atoms with Crippen LogP contribution in [0.4, 0.5) is 0 Å². The smallest absolute Gasteiger partial charge is 0.157 e. The average Bonchev–Trinajstić information content (AvgIpc) is 2.84. The quantitative estimate of drug-likeness (QED) is 0.316. The van der Waals surface area contributed by atoms with Crippen LogP contribution in [0.5, 0.6) is 5.75 Å². The maximum absolute atomic E-state index is 15.7. The number of phenolic OH excluding ortho intramolecular Hbond substituents is 1. The van der Waals surface area contributed by atoms with Gasteiger partial charge in [0, 0.05) is 10.6 Å². The summed E-state index contributed by atoms with van der Waals surface area (Å²) in [5.41, 5.74) is 1.68. The van der Waals surface area contributed by atoms with E-state index in [0.717, 1.165) is 16.7 Å². The van der Waals surface area contributed by atoms with E-state index >= 15 is 4.57 Å². The van der Waals surface area contributed by atoms with Crippen molar-refractivity contribution in [3.05, 3.63) is 89.5 Å². The molecule has 1 unspecified atom stereocenters. The van der Waals surface area contributed by atoms with E-state index in [0.29, 0.717) is 22.9 Å². The molecule has 0 aliphatic heterocycles. The third-order valence-electron chi connectivity index (χ3n) is 7.19. The van der Waals surface area contributed by atoms with Crippen LogP contribution in [-0.2, 0) is 20.0 Å². The Morgan fingerprint density at radius 1 is 0.694 bits per heavy atom. The second-order valence-corrected chi connectivity index (χ2v) is 18.7. The summed E-state index contributed by atoms with van der Waals surface area (Å²) in [6, 6.07) is 23.1. The van der Waals surface area contributed by atoms with E-state index in [1.54, 1.807) is 0 Å². The highest BCUT2D eigenvalue weighted by molar-refractivity contribution is 7.89. The molecule has 3 aromatic carbocycles. The van der Waals surface area contributed by atoms with Gasteiger partial charge < -0.3 is 14.2 Å². The topological polar surface area (TPSA) is 54.4 Å². The van der Waals surface area contributed by atoms with Gasteiger partial charge in [-0.15, -0.1) is 0 Å². The Morgan fingerprint density at radius 3 is 1.36 bits per heavy atom. The maximum Gasteiger partial charge on any atom is 0.157 e. The molecule has 0 saturated heterocycles. The largest absolute Gasteiger partial charge is 0.507 e. The molecule has 194 valence electrons. The Kier molecular flexibility index (Phi) is 8.19. The first-order valence-corrected chi connectivity index (χ1v) is 16.8. The number of phenols is 1. The number of aromatic hydroxyl groups is 1. The molecule has 5 heteroatoms. The van der Waals surface area contributed by atoms with Gasteiger partial charge >= 0.3 is 0 Å². The summed E-state index contributed by atoms with van der Waals surface area (Å²) in [4.78, 5) is 0. The molecule has 0 aliphatic rings. The third kappa shape index (κ3) is 5.29. The molecule has 0 fully saturated rings. The van der Waals surface area contributed by atoms with Gasteiger partial charge in [0.15, 0.2) is 7.14 Å². The molecule has 0 spiro atoms. The van der Waals surface area contributed by atoms with E-state index in [4.69, 9.17) is 0 Å². The van der Waals surface area contributed by atoms with Crippen LogP contribution in [0.1, 0.15) is 77.5 Å². The molecule has 3 nitrogen and oxygen atoms in total. The van der Waals surface area contributed by atoms with Crippen molar-refractivity contribution in [1.29, 1.82) is 0 Å². The molecule has 3 rings (SSSR count). The molecule has 1 N–H and O–H groups in total. The van der Waals surface area contributed by atoms with Crippen LogP contribution in [0.25, 0.3) is 0 Å². The molecule has 36 heavy (non-hydrogen) atoms. The van der Waals surface area contributed by atoms with Crippen molar-refractivity contribution in [3.63, 3.8) is 0 Å². The summed E-state index contributed by atoms with van der Waals surface area (Å²) >= 11 is 0. The average molecular weight is 525 g/mol. The van der Waals surface area contributed by atoms with Crippen molar-refractivity contribution < 1.29 is 14.2 Å².